The van der Waals surface area contributed by atoms with Crippen molar-refractivity contribution in [3.05, 3.63) is 53.2 Å². The Morgan fingerprint density at radius 1 is 1.46 bits per heavy atom. The highest BCUT2D eigenvalue weighted by atomic mass is 16.5. The number of ether oxygens (including phenoxy) is 1. The van der Waals surface area contributed by atoms with Crippen LogP contribution >= 0.6 is 0 Å². The van der Waals surface area contributed by atoms with Crippen LogP contribution in [0.1, 0.15) is 41.5 Å². The molecule has 1 aliphatic heterocycles. The van der Waals surface area contributed by atoms with Crippen molar-refractivity contribution in [1.82, 2.24) is 15.2 Å². The molecule has 0 aliphatic carbocycles. The molecule has 0 saturated carbocycles. The Labute approximate surface area is 141 Å². The number of nitrogens with zero attached hydrogens (tertiary/aromatic N) is 2. The summed E-state index contributed by atoms with van der Waals surface area (Å²) in [5, 5.41) is 2.98. The Bertz CT molecular complexity index is 698. The fourth-order valence-electron chi connectivity index (χ4n) is 3.09. The molecule has 6 nitrogen and oxygen atoms in total. The maximum atomic E-state index is 12.5. The molecule has 1 atom stereocenters. The molecule has 2 aromatic heterocycles. The molecule has 24 heavy (non-hydrogen) atoms. The van der Waals surface area contributed by atoms with Crippen LogP contribution in [0.2, 0.25) is 0 Å². The summed E-state index contributed by atoms with van der Waals surface area (Å²) >= 11 is 0. The Kier molecular flexibility index (Phi) is 5.15. The summed E-state index contributed by atoms with van der Waals surface area (Å²) in [6.07, 6.45) is 5.47. The number of pyridine rings is 1. The highest BCUT2D eigenvalue weighted by Gasteiger charge is 2.32. The van der Waals surface area contributed by atoms with Gasteiger partial charge in [0, 0.05) is 32.6 Å². The van der Waals surface area contributed by atoms with Gasteiger partial charge in [-0.15, -0.1) is 0 Å². The molecule has 0 aromatic carbocycles. The number of urea groups is 1. The van der Waals surface area contributed by atoms with Gasteiger partial charge < -0.3 is 19.4 Å². The van der Waals surface area contributed by atoms with Crippen molar-refractivity contribution in [2.45, 2.75) is 39.0 Å². The third-order valence-corrected chi connectivity index (χ3v) is 4.19. The smallest absolute Gasteiger partial charge is 0.318 e. The first-order valence-corrected chi connectivity index (χ1v) is 8.20. The summed E-state index contributed by atoms with van der Waals surface area (Å²) in [7, 11) is 1.64. The molecule has 1 fully saturated rings. The average molecular weight is 329 g/mol. The van der Waals surface area contributed by atoms with Crippen molar-refractivity contribution in [3.8, 4) is 0 Å². The quantitative estimate of drug-likeness (QED) is 0.915. The van der Waals surface area contributed by atoms with E-state index in [4.69, 9.17) is 9.15 Å². The predicted molar refractivity (Wildman–Crippen MR) is 89.3 cm³/mol. The molecule has 3 rings (SSSR count). The molecule has 0 bridgehead atoms. The first kappa shape index (κ1) is 16.5. The van der Waals surface area contributed by atoms with Crippen molar-refractivity contribution < 1.29 is 13.9 Å². The number of methoxy groups -OCH3 is 1. The second-order valence-electron chi connectivity index (χ2n) is 6.12. The Balaban J connectivity index is 1.62. The van der Waals surface area contributed by atoms with E-state index in [1.54, 1.807) is 19.5 Å². The molecule has 2 amide bonds. The molecule has 2 aromatic rings. The molecular formula is C18H23N3O3. The molecule has 3 heterocycles. The van der Waals surface area contributed by atoms with Crippen LogP contribution in [0.4, 0.5) is 4.79 Å². The Morgan fingerprint density at radius 3 is 3.12 bits per heavy atom. The van der Waals surface area contributed by atoms with Gasteiger partial charge in [0.15, 0.2) is 0 Å². The number of hydrogen-bond donors (Lipinski definition) is 1. The number of likely N-dealkylation sites (tertiary alicyclic amines) is 1. The summed E-state index contributed by atoms with van der Waals surface area (Å²) in [6.45, 7) is 3.65. The van der Waals surface area contributed by atoms with Gasteiger partial charge in [0.25, 0.3) is 0 Å². The van der Waals surface area contributed by atoms with E-state index >= 15 is 0 Å². The SMILES string of the molecule is COCc1ccc([C@@H]2CCCN2C(=O)NCc2cncc(C)c2)o1. The third kappa shape index (κ3) is 3.76. The van der Waals surface area contributed by atoms with Gasteiger partial charge in [-0.1, -0.05) is 6.07 Å². The van der Waals surface area contributed by atoms with Gasteiger partial charge in [0.1, 0.15) is 18.1 Å². The van der Waals surface area contributed by atoms with Crippen LogP contribution < -0.4 is 5.32 Å². The number of amides is 2. The Morgan fingerprint density at radius 2 is 2.33 bits per heavy atom. The predicted octanol–water partition coefficient (Wildman–Crippen LogP) is 3.18. The first-order valence-electron chi connectivity index (χ1n) is 8.20. The van der Waals surface area contributed by atoms with Crippen molar-refractivity contribution in [2.24, 2.45) is 0 Å². The number of rotatable bonds is 5. The summed E-state index contributed by atoms with van der Waals surface area (Å²) < 4.78 is 10.9. The van der Waals surface area contributed by atoms with Gasteiger partial charge >= 0.3 is 6.03 Å². The number of furan rings is 1. The van der Waals surface area contributed by atoms with Crippen LogP contribution in [-0.4, -0.2) is 29.6 Å². The molecule has 0 unspecified atom stereocenters. The summed E-state index contributed by atoms with van der Waals surface area (Å²) in [6, 6.07) is 5.80. The topological polar surface area (TPSA) is 67.6 Å². The minimum absolute atomic E-state index is 0.00811. The number of carbonyl (C=O) groups excluding carboxylic acids is 1. The molecule has 1 N–H and O–H groups in total. The zero-order chi connectivity index (χ0) is 16.9. The number of aromatic nitrogens is 1. The van der Waals surface area contributed by atoms with Gasteiger partial charge in [-0.05, 0) is 43.0 Å². The lowest BCUT2D eigenvalue weighted by Crippen LogP contribution is -2.39. The van der Waals surface area contributed by atoms with E-state index in [0.29, 0.717) is 13.2 Å². The van der Waals surface area contributed by atoms with E-state index in [1.165, 1.54) is 0 Å². The highest BCUT2D eigenvalue weighted by molar-refractivity contribution is 5.75. The van der Waals surface area contributed by atoms with Crippen LogP contribution in [0, 0.1) is 6.92 Å². The third-order valence-electron chi connectivity index (χ3n) is 4.19. The van der Waals surface area contributed by atoms with Crippen LogP contribution in [0.5, 0.6) is 0 Å². The zero-order valence-electron chi connectivity index (χ0n) is 14.1. The second kappa shape index (κ2) is 7.49. The lowest BCUT2D eigenvalue weighted by Gasteiger charge is -2.23. The monoisotopic (exact) mass is 329 g/mol. The fraction of sp³-hybridized carbons (Fsp3) is 0.444. The largest absolute Gasteiger partial charge is 0.461 e. The van der Waals surface area contributed by atoms with Crippen LogP contribution in [0.25, 0.3) is 0 Å². The van der Waals surface area contributed by atoms with E-state index in [-0.39, 0.29) is 12.1 Å². The van der Waals surface area contributed by atoms with Crippen LogP contribution in [0.3, 0.4) is 0 Å². The van der Waals surface area contributed by atoms with Gasteiger partial charge in [0.2, 0.25) is 0 Å². The van der Waals surface area contributed by atoms with E-state index in [0.717, 1.165) is 42.0 Å². The number of carbonyl (C=O) groups is 1. The second-order valence-corrected chi connectivity index (χ2v) is 6.12. The summed E-state index contributed by atoms with van der Waals surface area (Å²) in [5.41, 5.74) is 2.08. The summed E-state index contributed by atoms with van der Waals surface area (Å²) in [5.74, 6) is 1.61. The molecular weight excluding hydrogens is 306 g/mol. The van der Waals surface area contributed by atoms with Gasteiger partial charge in [0.05, 0.1) is 6.04 Å². The van der Waals surface area contributed by atoms with E-state index < -0.39 is 0 Å². The maximum absolute atomic E-state index is 12.5. The molecule has 1 aliphatic rings. The van der Waals surface area contributed by atoms with E-state index in [1.807, 2.05) is 30.0 Å². The molecule has 0 radical (unpaired) electrons. The molecule has 1 saturated heterocycles. The van der Waals surface area contributed by atoms with Crippen LogP contribution in [0.15, 0.2) is 35.0 Å². The first-order chi connectivity index (χ1) is 11.7. The zero-order valence-corrected chi connectivity index (χ0v) is 14.1. The minimum atomic E-state index is -0.0660. The lowest BCUT2D eigenvalue weighted by atomic mass is 10.2. The number of hydrogen-bond acceptors (Lipinski definition) is 4. The van der Waals surface area contributed by atoms with Gasteiger partial charge in [-0.2, -0.15) is 0 Å². The van der Waals surface area contributed by atoms with Crippen molar-refractivity contribution in [3.63, 3.8) is 0 Å². The molecule has 6 heteroatoms. The minimum Gasteiger partial charge on any atom is -0.461 e. The summed E-state index contributed by atoms with van der Waals surface area (Å²) in [4.78, 5) is 18.5. The van der Waals surface area contributed by atoms with Gasteiger partial charge in [-0.3, -0.25) is 4.98 Å². The van der Waals surface area contributed by atoms with Crippen molar-refractivity contribution in [1.29, 1.82) is 0 Å². The number of nitrogens with one attached hydrogen (secondary N) is 1. The van der Waals surface area contributed by atoms with Crippen LogP contribution in [-0.2, 0) is 17.9 Å². The lowest BCUT2D eigenvalue weighted by molar-refractivity contribution is 0.156. The normalized spacial score (nSPS) is 17.2. The van der Waals surface area contributed by atoms with Crippen molar-refractivity contribution in [2.75, 3.05) is 13.7 Å². The van der Waals surface area contributed by atoms with Gasteiger partial charge in [-0.25, -0.2) is 4.79 Å². The van der Waals surface area contributed by atoms with E-state index in [9.17, 15) is 4.79 Å². The fourth-order valence-corrected chi connectivity index (χ4v) is 3.09. The average Bonchev–Trinajstić information content (AvgIpc) is 3.22. The standard InChI is InChI=1S/C18H23N3O3/c1-13-8-14(10-19-9-13)11-20-18(22)21-7-3-4-16(21)17-6-5-15(24-17)12-23-2/h5-6,8-10,16H,3-4,7,11-12H2,1-2H3,(H,20,22)/t16-/m0/s1. The maximum Gasteiger partial charge on any atom is 0.318 e. The van der Waals surface area contributed by atoms with E-state index in [2.05, 4.69) is 10.3 Å². The molecule has 0 spiro atoms. The van der Waals surface area contributed by atoms with Crippen molar-refractivity contribution >= 4 is 6.03 Å². The Hall–Kier alpha value is -2.34. The molecule has 128 valence electrons. The highest BCUT2D eigenvalue weighted by Crippen LogP contribution is 2.33. The number of aryl methyl sites for hydroxylation is 1.